The van der Waals surface area contributed by atoms with Crippen LogP contribution in [0.2, 0.25) is 0 Å². The largest absolute Gasteiger partial charge is 0.493 e. The van der Waals surface area contributed by atoms with Crippen molar-refractivity contribution >= 4 is 35.3 Å². The third kappa shape index (κ3) is 7.43. The number of rotatable bonds is 8. The average Bonchev–Trinajstić information content (AvgIpc) is 2.84. The Hall–Kier alpha value is -4.66. The molecule has 0 fully saturated rings. The molecule has 9 nitrogen and oxygen atoms in total. The molecule has 3 rings (SSSR count). The first kappa shape index (κ1) is 25.0. The van der Waals surface area contributed by atoms with E-state index in [4.69, 9.17) is 9.47 Å². The molecule has 0 atom stereocenters. The molecule has 0 aliphatic heterocycles. The van der Waals surface area contributed by atoms with Crippen LogP contribution in [0.1, 0.15) is 23.6 Å². The Balaban J connectivity index is 1.54. The number of hydrazone groups is 1. The zero-order chi connectivity index (χ0) is 25.2. The lowest BCUT2D eigenvalue weighted by Crippen LogP contribution is -2.32. The van der Waals surface area contributed by atoms with Gasteiger partial charge in [0.05, 0.1) is 13.3 Å². The van der Waals surface area contributed by atoms with E-state index in [0.717, 1.165) is 11.1 Å². The number of benzene rings is 3. The quantitative estimate of drug-likeness (QED) is 0.262. The van der Waals surface area contributed by atoms with E-state index in [2.05, 4.69) is 21.2 Å². The summed E-state index contributed by atoms with van der Waals surface area (Å²) < 4.78 is 11.3. The van der Waals surface area contributed by atoms with Gasteiger partial charge in [0.2, 0.25) is 5.91 Å². The lowest BCUT2D eigenvalue weighted by atomic mass is 10.1. The van der Waals surface area contributed by atoms with Crippen molar-refractivity contribution in [3.8, 4) is 11.5 Å². The van der Waals surface area contributed by atoms with Crippen LogP contribution in [0.4, 0.5) is 11.4 Å². The zero-order valence-corrected chi connectivity index (χ0v) is 19.6. The van der Waals surface area contributed by atoms with E-state index in [1.807, 2.05) is 31.2 Å². The highest BCUT2D eigenvalue weighted by Gasteiger charge is 2.13. The van der Waals surface area contributed by atoms with E-state index in [9.17, 15) is 14.4 Å². The molecule has 3 aromatic carbocycles. The maximum Gasteiger partial charge on any atom is 0.329 e. The molecule has 0 heterocycles. The van der Waals surface area contributed by atoms with Crippen LogP contribution in [-0.4, -0.2) is 31.0 Å². The Labute approximate surface area is 203 Å². The van der Waals surface area contributed by atoms with Crippen molar-refractivity contribution in [3.05, 3.63) is 83.4 Å². The lowest BCUT2D eigenvalue weighted by molar-refractivity contribution is -0.136. The van der Waals surface area contributed by atoms with E-state index >= 15 is 0 Å². The fourth-order valence-corrected chi connectivity index (χ4v) is 3.06. The van der Waals surface area contributed by atoms with Gasteiger partial charge in [0.1, 0.15) is 6.61 Å². The molecule has 0 bridgehead atoms. The normalized spacial score (nSPS) is 10.5. The molecular weight excluding hydrogens is 448 g/mol. The summed E-state index contributed by atoms with van der Waals surface area (Å²) >= 11 is 0. The molecule has 0 unspecified atom stereocenters. The molecule has 0 saturated heterocycles. The van der Waals surface area contributed by atoms with E-state index in [1.165, 1.54) is 20.2 Å². The number of hydrogen-bond donors (Lipinski definition) is 3. The van der Waals surface area contributed by atoms with Gasteiger partial charge in [-0.3, -0.25) is 14.4 Å². The highest BCUT2D eigenvalue weighted by atomic mass is 16.5. The minimum absolute atomic E-state index is 0.207. The molecule has 3 aromatic rings. The SMILES string of the molecule is COc1cc(/C=N/NC(=O)C(=O)Nc2ccc(NC(C)=O)cc2)ccc1OCc1ccccc1C. The molecule has 3 N–H and O–H groups in total. The molecule has 0 aromatic heterocycles. The second-order valence-electron chi connectivity index (χ2n) is 7.54. The highest BCUT2D eigenvalue weighted by molar-refractivity contribution is 6.39. The second-order valence-corrected chi connectivity index (χ2v) is 7.54. The summed E-state index contributed by atoms with van der Waals surface area (Å²) in [4.78, 5) is 35.2. The van der Waals surface area contributed by atoms with Crippen molar-refractivity contribution in [2.75, 3.05) is 17.7 Å². The molecule has 0 aliphatic carbocycles. The summed E-state index contributed by atoms with van der Waals surface area (Å²) in [5.41, 5.74) is 6.00. The monoisotopic (exact) mass is 474 g/mol. The first-order chi connectivity index (χ1) is 16.9. The number of methoxy groups -OCH3 is 1. The summed E-state index contributed by atoms with van der Waals surface area (Å²) in [6, 6.07) is 19.5. The number of ether oxygens (including phenoxy) is 2. The Bertz CT molecular complexity index is 1240. The number of nitrogens with zero attached hydrogens (tertiary/aromatic N) is 1. The van der Waals surface area contributed by atoms with Crippen LogP contribution >= 0.6 is 0 Å². The van der Waals surface area contributed by atoms with Gasteiger partial charge in [-0.2, -0.15) is 5.10 Å². The number of carbonyl (C=O) groups is 3. The molecule has 0 aliphatic rings. The van der Waals surface area contributed by atoms with Gasteiger partial charge < -0.3 is 20.1 Å². The lowest BCUT2D eigenvalue weighted by Gasteiger charge is -2.12. The number of nitrogens with one attached hydrogen (secondary N) is 3. The van der Waals surface area contributed by atoms with Crippen LogP contribution in [0.15, 0.2) is 71.8 Å². The van der Waals surface area contributed by atoms with Crippen LogP contribution < -0.4 is 25.5 Å². The number of hydrogen-bond acceptors (Lipinski definition) is 6. The molecular formula is C26H26N4O5. The topological polar surface area (TPSA) is 118 Å². The minimum Gasteiger partial charge on any atom is -0.493 e. The summed E-state index contributed by atoms with van der Waals surface area (Å²) in [5.74, 6) is -0.944. The van der Waals surface area contributed by atoms with E-state index in [-0.39, 0.29) is 5.91 Å². The van der Waals surface area contributed by atoms with Crippen molar-refractivity contribution in [3.63, 3.8) is 0 Å². The molecule has 9 heteroatoms. The maximum atomic E-state index is 12.1. The predicted octanol–water partition coefficient (Wildman–Crippen LogP) is 3.63. The molecule has 0 saturated carbocycles. The van der Waals surface area contributed by atoms with Crippen molar-refractivity contribution < 1.29 is 23.9 Å². The van der Waals surface area contributed by atoms with Gasteiger partial charge in [0, 0.05) is 18.3 Å². The van der Waals surface area contributed by atoms with Gasteiger partial charge in [-0.1, -0.05) is 24.3 Å². The number of anilines is 2. The third-order valence-electron chi connectivity index (χ3n) is 4.88. The van der Waals surface area contributed by atoms with Gasteiger partial charge in [0.15, 0.2) is 11.5 Å². The number of aryl methyl sites for hydroxylation is 1. The van der Waals surface area contributed by atoms with Crippen LogP contribution in [-0.2, 0) is 21.0 Å². The van der Waals surface area contributed by atoms with Gasteiger partial charge in [-0.15, -0.1) is 0 Å². The summed E-state index contributed by atoms with van der Waals surface area (Å²) in [6.07, 6.45) is 1.39. The predicted molar refractivity (Wildman–Crippen MR) is 134 cm³/mol. The summed E-state index contributed by atoms with van der Waals surface area (Å²) in [5, 5.41) is 8.90. The van der Waals surface area contributed by atoms with Gasteiger partial charge in [-0.05, 0) is 66.1 Å². The molecule has 3 amide bonds. The number of carbonyl (C=O) groups excluding carboxylic acids is 3. The van der Waals surface area contributed by atoms with Crippen molar-refractivity contribution in [1.29, 1.82) is 0 Å². The first-order valence-corrected chi connectivity index (χ1v) is 10.7. The number of amides is 3. The van der Waals surface area contributed by atoms with Crippen molar-refractivity contribution in [2.24, 2.45) is 5.10 Å². The zero-order valence-electron chi connectivity index (χ0n) is 19.6. The summed E-state index contributed by atoms with van der Waals surface area (Å²) in [7, 11) is 1.53. The van der Waals surface area contributed by atoms with Gasteiger partial charge in [0.25, 0.3) is 0 Å². The van der Waals surface area contributed by atoms with Crippen LogP contribution in [0.25, 0.3) is 0 Å². The highest BCUT2D eigenvalue weighted by Crippen LogP contribution is 2.28. The summed E-state index contributed by atoms with van der Waals surface area (Å²) in [6.45, 7) is 3.82. The Morgan fingerprint density at radius 3 is 2.23 bits per heavy atom. The fourth-order valence-electron chi connectivity index (χ4n) is 3.06. The van der Waals surface area contributed by atoms with E-state index in [0.29, 0.717) is 35.0 Å². The van der Waals surface area contributed by atoms with Crippen molar-refractivity contribution in [2.45, 2.75) is 20.5 Å². The van der Waals surface area contributed by atoms with Crippen LogP contribution in [0.3, 0.4) is 0 Å². The minimum atomic E-state index is -0.933. The maximum absolute atomic E-state index is 12.1. The molecule has 0 radical (unpaired) electrons. The second kappa shape index (κ2) is 12.0. The molecule has 0 spiro atoms. The smallest absolute Gasteiger partial charge is 0.329 e. The van der Waals surface area contributed by atoms with Crippen LogP contribution in [0, 0.1) is 6.92 Å². The van der Waals surface area contributed by atoms with Gasteiger partial charge >= 0.3 is 11.8 Å². The average molecular weight is 475 g/mol. The standard InChI is InChI=1S/C26H26N4O5/c1-17-6-4-5-7-20(17)16-35-23-13-8-19(14-24(23)34-3)15-27-30-26(33)25(32)29-22-11-9-21(10-12-22)28-18(2)31/h4-15H,16H2,1-3H3,(H,28,31)(H,29,32)(H,30,33)/b27-15+. The first-order valence-electron chi connectivity index (χ1n) is 10.7. The van der Waals surface area contributed by atoms with E-state index < -0.39 is 11.8 Å². The van der Waals surface area contributed by atoms with E-state index in [1.54, 1.807) is 42.5 Å². The molecule has 180 valence electrons. The molecule has 35 heavy (non-hydrogen) atoms. The third-order valence-corrected chi connectivity index (χ3v) is 4.88. The Morgan fingerprint density at radius 1 is 0.886 bits per heavy atom. The Kier molecular flexibility index (Phi) is 8.55. The van der Waals surface area contributed by atoms with Crippen molar-refractivity contribution in [1.82, 2.24) is 5.43 Å². The Morgan fingerprint density at radius 2 is 1.57 bits per heavy atom. The van der Waals surface area contributed by atoms with Crippen LogP contribution in [0.5, 0.6) is 11.5 Å². The van der Waals surface area contributed by atoms with Gasteiger partial charge in [-0.25, -0.2) is 5.43 Å². The fraction of sp³-hybridized carbons (Fsp3) is 0.154.